The summed E-state index contributed by atoms with van der Waals surface area (Å²) in [5.74, 6) is 0. The van der Waals surface area contributed by atoms with Gasteiger partial charge in [-0.1, -0.05) is 0 Å². The van der Waals surface area contributed by atoms with Crippen LogP contribution >= 0.6 is 136 Å². The Balaban J connectivity index is 2.48. The summed E-state index contributed by atoms with van der Waals surface area (Å²) in [5, 5.41) is 4.88. The summed E-state index contributed by atoms with van der Waals surface area (Å²) >= 11 is 14.1. The molecule has 19 heavy (non-hydrogen) atoms. The maximum absolute atomic E-state index is 4.88. The molecule has 99 valence electrons. The third-order valence-corrected chi connectivity index (χ3v) is 6.72. The number of benzene rings is 2. The predicted molar refractivity (Wildman–Crippen MR) is 131 cm³/mol. The van der Waals surface area contributed by atoms with Gasteiger partial charge < -0.3 is 0 Å². The number of rotatable bonds is 2. The van der Waals surface area contributed by atoms with Crippen molar-refractivity contribution in [1.29, 1.82) is 0 Å². The first-order valence-electron chi connectivity index (χ1n) is 4.89. The number of hydrogen-bond acceptors (Lipinski definition) is 0. The fourth-order valence-corrected chi connectivity index (χ4v) is 9.04. The van der Waals surface area contributed by atoms with Gasteiger partial charge in [0, 0.05) is 21.4 Å². The molecular formula is C12H4I6N. The summed E-state index contributed by atoms with van der Waals surface area (Å²) in [4.78, 5) is 0. The maximum Gasteiger partial charge on any atom is 0.0905 e. The molecule has 0 saturated heterocycles. The van der Waals surface area contributed by atoms with E-state index >= 15 is 0 Å². The minimum atomic E-state index is 1.07. The van der Waals surface area contributed by atoms with Gasteiger partial charge in [-0.25, -0.2) is 5.32 Å². The number of halogens is 6. The van der Waals surface area contributed by atoms with Crippen LogP contribution in [-0.4, -0.2) is 0 Å². The van der Waals surface area contributed by atoms with E-state index in [0.29, 0.717) is 0 Å². The molecule has 0 unspecified atom stereocenters. The van der Waals surface area contributed by atoms with Gasteiger partial charge in [0.15, 0.2) is 0 Å². The minimum absolute atomic E-state index is 1.07. The third kappa shape index (κ3) is 4.79. The Morgan fingerprint density at radius 3 is 1.05 bits per heavy atom. The van der Waals surface area contributed by atoms with Crippen LogP contribution in [0.25, 0.3) is 0 Å². The molecule has 0 fully saturated rings. The summed E-state index contributed by atoms with van der Waals surface area (Å²) in [6, 6.07) is 8.65. The molecule has 0 aliphatic rings. The van der Waals surface area contributed by atoms with Gasteiger partial charge >= 0.3 is 0 Å². The van der Waals surface area contributed by atoms with Crippen molar-refractivity contribution in [2.24, 2.45) is 0 Å². The van der Waals surface area contributed by atoms with Crippen molar-refractivity contribution in [3.8, 4) is 0 Å². The molecule has 0 saturated carbocycles. The second-order valence-corrected chi connectivity index (χ2v) is 10.7. The molecule has 0 heterocycles. The monoisotopic (exact) mass is 923 g/mol. The first kappa shape index (κ1) is 18.0. The van der Waals surface area contributed by atoms with E-state index in [4.69, 9.17) is 5.32 Å². The van der Waals surface area contributed by atoms with E-state index in [-0.39, 0.29) is 0 Å². The molecule has 2 rings (SSSR count). The third-order valence-electron chi connectivity index (χ3n) is 2.19. The van der Waals surface area contributed by atoms with E-state index in [2.05, 4.69) is 160 Å². The van der Waals surface area contributed by atoms with Crippen molar-refractivity contribution in [2.45, 2.75) is 0 Å². The fourth-order valence-electron chi connectivity index (χ4n) is 1.39. The van der Waals surface area contributed by atoms with Crippen LogP contribution in [0.3, 0.4) is 0 Å². The molecule has 0 aliphatic carbocycles. The van der Waals surface area contributed by atoms with Gasteiger partial charge in [-0.15, -0.1) is 0 Å². The van der Waals surface area contributed by atoms with E-state index < -0.39 is 0 Å². The van der Waals surface area contributed by atoms with Crippen LogP contribution in [0.5, 0.6) is 0 Å². The summed E-state index contributed by atoms with van der Waals surface area (Å²) in [5.41, 5.74) is 2.14. The molecule has 1 radical (unpaired) electrons. The molecule has 0 bridgehead atoms. The zero-order valence-corrected chi connectivity index (χ0v) is 22.0. The number of nitrogens with zero attached hydrogens (tertiary/aromatic N) is 1. The topological polar surface area (TPSA) is 14.1 Å². The normalized spacial score (nSPS) is 10.6. The van der Waals surface area contributed by atoms with Gasteiger partial charge in [0.05, 0.1) is 11.4 Å². The second-order valence-electron chi connectivity index (χ2n) is 3.55. The van der Waals surface area contributed by atoms with E-state index in [1.165, 1.54) is 21.4 Å². The van der Waals surface area contributed by atoms with Crippen molar-refractivity contribution in [3.63, 3.8) is 0 Å². The standard InChI is InChI=1S/C12H4I6N/c13-5-1-7(15)11(8(16)2-5)19-12-9(17)3-6(14)4-10(12)18/h1-4H. The Kier molecular flexibility index (Phi) is 7.51. The van der Waals surface area contributed by atoms with Crippen LogP contribution in [-0.2, 0) is 0 Å². The highest BCUT2D eigenvalue weighted by molar-refractivity contribution is 14.1. The molecule has 0 aromatic heterocycles. The molecule has 0 spiro atoms. The lowest BCUT2D eigenvalue weighted by Gasteiger charge is -2.12. The molecule has 0 atom stereocenters. The van der Waals surface area contributed by atoms with Crippen molar-refractivity contribution in [2.75, 3.05) is 0 Å². The fraction of sp³-hybridized carbons (Fsp3) is 0. The molecule has 1 nitrogen and oxygen atoms in total. The van der Waals surface area contributed by atoms with E-state index in [9.17, 15) is 0 Å². The van der Waals surface area contributed by atoms with E-state index in [1.807, 2.05) is 0 Å². The maximum atomic E-state index is 4.88. The summed E-state index contributed by atoms with van der Waals surface area (Å²) in [7, 11) is 0. The lowest BCUT2D eigenvalue weighted by Crippen LogP contribution is -2.00. The number of hydrogen-bond donors (Lipinski definition) is 0. The van der Waals surface area contributed by atoms with Gasteiger partial charge in [0.1, 0.15) is 0 Å². The van der Waals surface area contributed by atoms with Crippen molar-refractivity contribution in [3.05, 3.63) is 45.7 Å². The first-order chi connectivity index (χ1) is 8.88. The molecular weight excluding hydrogens is 920 g/mol. The van der Waals surface area contributed by atoms with Gasteiger partial charge in [-0.05, 0) is 160 Å². The molecule has 2 aromatic rings. The van der Waals surface area contributed by atoms with Gasteiger partial charge in [0.2, 0.25) is 0 Å². The molecule has 0 amide bonds. The molecule has 0 N–H and O–H groups in total. The first-order valence-corrected chi connectivity index (χ1v) is 11.4. The van der Waals surface area contributed by atoms with Crippen LogP contribution in [0.1, 0.15) is 0 Å². The smallest absolute Gasteiger partial charge is 0.0905 e. The van der Waals surface area contributed by atoms with E-state index in [0.717, 1.165) is 11.4 Å². The lowest BCUT2D eigenvalue weighted by molar-refractivity contribution is 1.14. The lowest BCUT2D eigenvalue weighted by atomic mass is 10.3. The highest BCUT2D eigenvalue weighted by Crippen LogP contribution is 2.35. The predicted octanol–water partition coefficient (Wildman–Crippen LogP) is 6.88. The molecule has 2 aromatic carbocycles. The summed E-state index contributed by atoms with van der Waals surface area (Å²) in [6.07, 6.45) is 0. The Hall–Kier alpha value is 2.62. The highest BCUT2D eigenvalue weighted by atomic mass is 127. The van der Waals surface area contributed by atoms with Crippen LogP contribution in [0.4, 0.5) is 11.4 Å². The SMILES string of the molecule is Ic1cc(I)c([N]c2c(I)cc(I)cc2I)c(I)c1. The second kappa shape index (κ2) is 7.94. The molecule has 0 aliphatic heterocycles. The quantitative estimate of drug-likeness (QED) is 0.292. The van der Waals surface area contributed by atoms with Crippen LogP contribution in [0.15, 0.2) is 24.3 Å². The van der Waals surface area contributed by atoms with Crippen molar-refractivity contribution < 1.29 is 0 Å². The van der Waals surface area contributed by atoms with Crippen molar-refractivity contribution >= 4 is 147 Å². The zero-order chi connectivity index (χ0) is 14.2. The Morgan fingerprint density at radius 1 is 0.526 bits per heavy atom. The van der Waals surface area contributed by atoms with Crippen molar-refractivity contribution in [1.82, 2.24) is 5.32 Å². The van der Waals surface area contributed by atoms with E-state index in [1.54, 1.807) is 0 Å². The summed E-state index contributed by atoms with van der Waals surface area (Å²) < 4.78 is 7.27. The van der Waals surface area contributed by atoms with Crippen LogP contribution < -0.4 is 5.32 Å². The Labute approximate surface area is 194 Å². The average Bonchev–Trinajstić information content (AvgIpc) is 2.25. The Morgan fingerprint density at radius 2 is 0.789 bits per heavy atom. The largest absolute Gasteiger partial charge is 0.245 e. The van der Waals surface area contributed by atoms with Gasteiger partial charge in [-0.2, -0.15) is 0 Å². The highest BCUT2D eigenvalue weighted by Gasteiger charge is 2.13. The van der Waals surface area contributed by atoms with Crippen LogP contribution in [0.2, 0.25) is 0 Å². The van der Waals surface area contributed by atoms with Gasteiger partial charge in [-0.3, -0.25) is 0 Å². The average molecular weight is 924 g/mol. The molecule has 7 heteroatoms. The summed E-state index contributed by atoms with van der Waals surface area (Å²) in [6.45, 7) is 0. The zero-order valence-electron chi connectivity index (χ0n) is 9.02. The Bertz CT molecular complexity index is 539. The van der Waals surface area contributed by atoms with Gasteiger partial charge in [0.25, 0.3) is 0 Å². The van der Waals surface area contributed by atoms with Crippen LogP contribution in [0, 0.1) is 21.4 Å². The minimum Gasteiger partial charge on any atom is -0.245 e.